The van der Waals surface area contributed by atoms with Gasteiger partial charge in [-0.2, -0.15) is 0 Å². The van der Waals surface area contributed by atoms with Crippen LogP contribution in [0.25, 0.3) is 0 Å². The van der Waals surface area contributed by atoms with Crippen LogP contribution < -0.4 is 9.47 Å². The molecule has 2 rings (SSSR count). The molecule has 86 valence electrons. The number of hydrogen-bond acceptors (Lipinski definition) is 3. The average molecular weight is 285 g/mol. The van der Waals surface area contributed by atoms with Crippen LogP contribution in [0, 0.1) is 0 Å². The van der Waals surface area contributed by atoms with Crippen LogP contribution in [-0.4, -0.2) is 12.6 Å². The zero-order chi connectivity index (χ0) is 11.5. The third-order valence-corrected chi connectivity index (χ3v) is 3.18. The topological polar surface area (TPSA) is 35.5 Å². The highest BCUT2D eigenvalue weighted by atomic mass is 79.9. The number of Topliss-reactive ketones (excluding diaryl/α,β-unsaturated/α-hetero) is 1. The van der Waals surface area contributed by atoms with Gasteiger partial charge in [-0.1, -0.05) is 13.3 Å². The van der Waals surface area contributed by atoms with Crippen LogP contribution >= 0.6 is 15.9 Å². The summed E-state index contributed by atoms with van der Waals surface area (Å²) in [6.45, 7) is 2.30. The van der Waals surface area contributed by atoms with Crippen LogP contribution in [0.3, 0.4) is 0 Å². The molecule has 0 amide bonds. The average Bonchev–Trinajstić information content (AvgIpc) is 2.71. The number of ketones is 1. The molecular weight excluding hydrogens is 272 g/mol. The first-order valence-electron chi connectivity index (χ1n) is 5.34. The van der Waals surface area contributed by atoms with E-state index in [9.17, 15) is 4.79 Å². The molecule has 0 N–H and O–H groups in total. The maximum Gasteiger partial charge on any atom is 0.231 e. The minimum Gasteiger partial charge on any atom is -0.454 e. The molecule has 1 aromatic rings. The number of unbranched alkanes of at least 4 members (excludes halogenated alkanes) is 1. The molecule has 0 saturated heterocycles. The third-order valence-electron chi connectivity index (χ3n) is 2.52. The van der Waals surface area contributed by atoms with Crippen LogP contribution in [0.5, 0.6) is 11.5 Å². The van der Waals surface area contributed by atoms with Gasteiger partial charge in [0.2, 0.25) is 6.79 Å². The Morgan fingerprint density at radius 1 is 1.38 bits per heavy atom. The summed E-state index contributed by atoms with van der Waals surface area (Å²) in [6.07, 6.45) is 2.52. The molecule has 0 spiro atoms. The first kappa shape index (κ1) is 11.5. The Kier molecular flexibility index (Phi) is 3.49. The van der Waals surface area contributed by atoms with Gasteiger partial charge in [-0.3, -0.25) is 4.79 Å². The van der Waals surface area contributed by atoms with Crippen molar-refractivity contribution < 1.29 is 14.3 Å². The van der Waals surface area contributed by atoms with E-state index in [-0.39, 0.29) is 12.6 Å². The van der Waals surface area contributed by atoms with Gasteiger partial charge in [0.05, 0.1) is 0 Å². The molecule has 0 aliphatic carbocycles. The van der Waals surface area contributed by atoms with Crippen molar-refractivity contribution in [3.8, 4) is 11.5 Å². The van der Waals surface area contributed by atoms with Crippen LogP contribution in [0.4, 0.5) is 0 Å². The Bertz CT molecular complexity index is 415. The predicted octanol–water partition coefficient (Wildman–Crippen LogP) is 3.55. The van der Waals surface area contributed by atoms with Crippen molar-refractivity contribution in [3.63, 3.8) is 0 Å². The molecule has 0 aromatic heterocycles. The van der Waals surface area contributed by atoms with Gasteiger partial charge < -0.3 is 9.47 Å². The van der Waals surface area contributed by atoms with Gasteiger partial charge in [0.25, 0.3) is 0 Å². The van der Waals surface area contributed by atoms with Gasteiger partial charge in [-0.05, 0) is 34.5 Å². The molecule has 1 aromatic carbocycles. The SMILES string of the molecule is CCCCC(=O)c1cc2c(cc1Br)OCO2. The maximum absolute atomic E-state index is 11.9. The first-order valence-corrected chi connectivity index (χ1v) is 6.14. The van der Waals surface area contributed by atoms with Crippen molar-refractivity contribution in [3.05, 3.63) is 22.2 Å². The Balaban J connectivity index is 2.24. The van der Waals surface area contributed by atoms with E-state index in [1.165, 1.54) is 0 Å². The molecule has 0 radical (unpaired) electrons. The van der Waals surface area contributed by atoms with Crippen LogP contribution in [-0.2, 0) is 0 Å². The summed E-state index contributed by atoms with van der Waals surface area (Å²) in [5.41, 5.74) is 0.678. The summed E-state index contributed by atoms with van der Waals surface area (Å²) in [4.78, 5) is 11.9. The molecular formula is C12H13BrO3. The lowest BCUT2D eigenvalue weighted by atomic mass is 10.1. The van der Waals surface area contributed by atoms with E-state index in [0.717, 1.165) is 17.3 Å². The summed E-state index contributed by atoms with van der Waals surface area (Å²) in [6, 6.07) is 3.55. The van der Waals surface area contributed by atoms with Gasteiger partial charge in [-0.25, -0.2) is 0 Å². The maximum atomic E-state index is 11.9. The third kappa shape index (κ3) is 2.21. The van der Waals surface area contributed by atoms with E-state index < -0.39 is 0 Å². The highest BCUT2D eigenvalue weighted by Gasteiger charge is 2.19. The molecule has 1 aliphatic rings. The minimum atomic E-state index is 0.145. The second-order valence-electron chi connectivity index (χ2n) is 3.71. The molecule has 1 aliphatic heterocycles. The standard InChI is InChI=1S/C12H13BrO3/c1-2-3-4-10(14)8-5-11-12(6-9(8)13)16-7-15-11/h5-6H,2-4,7H2,1H3. The molecule has 16 heavy (non-hydrogen) atoms. The molecule has 0 fully saturated rings. The highest BCUT2D eigenvalue weighted by molar-refractivity contribution is 9.10. The number of carbonyl (C=O) groups is 1. The molecule has 0 atom stereocenters. The zero-order valence-corrected chi connectivity index (χ0v) is 10.7. The number of hydrogen-bond donors (Lipinski definition) is 0. The van der Waals surface area contributed by atoms with Gasteiger partial charge in [0.15, 0.2) is 17.3 Å². The van der Waals surface area contributed by atoms with E-state index in [4.69, 9.17) is 9.47 Å². The van der Waals surface area contributed by atoms with E-state index in [1.54, 1.807) is 12.1 Å². The Hall–Kier alpha value is -1.03. The summed E-state index contributed by atoms with van der Waals surface area (Å²) in [5, 5.41) is 0. The largest absolute Gasteiger partial charge is 0.454 e. The van der Waals surface area contributed by atoms with Crippen molar-refractivity contribution >= 4 is 21.7 Å². The monoisotopic (exact) mass is 284 g/mol. The summed E-state index contributed by atoms with van der Waals surface area (Å²) < 4.78 is 11.3. The fourth-order valence-electron chi connectivity index (χ4n) is 1.60. The molecule has 0 bridgehead atoms. The Labute approximate surface area is 103 Å². The van der Waals surface area contributed by atoms with Crippen molar-refractivity contribution in [2.75, 3.05) is 6.79 Å². The minimum absolute atomic E-state index is 0.145. The lowest BCUT2D eigenvalue weighted by Crippen LogP contribution is -2.00. The van der Waals surface area contributed by atoms with E-state index >= 15 is 0 Å². The van der Waals surface area contributed by atoms with E-state index in [1.807, 2.05) is 0 Å². The van der Waals surface area contributed by atoms with Crippen molar-refractivity contribution in [2.24, 2.45) is 0 Å². The molecule has 4 heteroatoms. The number of carbonyl (C=O) groups excluding carboxylic acids is 1. The van der Waals surface area contributed by atoms with Gasteiger partial charge in [0, 0.05) is 16.5 Å². The summed E-state index contributed by atoms with van der Waals surface area (Å²) in [5.74, 6) is 1.49. The van der Waals surface area contributed by atoms with Crippen molar-refractivity contribution in [2.45, 2.75) is 26.2 Å². The first-order chi connectivity index (χ1) is 7.72. The normalized spacial score (nSPS) is 12.9. The number of rotatable bonds is 4. The number of ether oxygens (including phenoxy) is 2. The van der Waals surface area contributed by atoms with Gasteiger partial charge >= 0.3 is 0 Å². The second-order valence-corrected chi connectivity index (χ2v) is 4.57. The quantitative estimate of drug-likeness (QED) is 0.794. The van der Waals surface area contributed by atoms with E-state index in [2.05, 4.69) is 22.9 Å². The Morgan fingerprint density at radius 3 is 2.75 bits per heavy atom. The van der Waals surface area contributed by atoms with Gasteiger partial charge in [0.1, 0.15) is 0 Å². The molecule has 1 heterocycles. The second kappa shape index (κ2) is 4.87. The molecule has 0 unspecified atom stereocenters. The van der Waals surface area contributed by atoms with Crippen LogP contribution in [0.1, 0.15) is 36.5 Å². The molecule has 0 saturated carbocycles. The number of benzene rings is 1. The van der Waals surface area contributed by atoms with Crippen molar-refractivity contribution in [1.82, 2.24) is 0 Å². The van der Waals surface area contributed by atoms with Crippen molar-refractivity contribution in [1.29, 1.82) is 0 Å². The Morgan fingerprint density at radius 2 is 2.06 bits per heavy atom. The van der Waals surface area contributed by atoms with Crippen LogP contribution in [0.2, 0.25) is 0 Å². The fraction of sp³-hybridized carbons (Fsp3) is 0.417. The van der Waals surface area contributed by atoms with Crippen LogP contribution in [0.15, 0.2) is 16.6 Å². The zero-order valence-electron chi connectivity index (χ0n) is 9.09. The highest BCUT2D eigenvalue weighted by Crippen LogP contribution is 2.37. The smallest absolute Gasteiger partial charge is 0.231 e. The molecule has 3 nitrogen and oxygen atoms in total. The van der Waals surface area contributed by atoms with Gasteiger partial charge in [-0.15, -0.1) is 0 Å². The lowest BCUT2D eigenvalue weighted by Gasteiger charge is -2.05. The number of fused-ring (bicyclic) bond motifs is 1. The summed E-state index contributed by atoms with van der Waals surface area (Å²) in [7, 11) is 0. The number of halogens is 1. The summed E-state index contributed by atoms with van der Waals surface area (Å²) >= 11 is 3.39. The fourth-order valence-corrected chi connectivity index (χ4v) is 2.15. The van der Waals surface area contributed by atoms with E-state index in [0.29, 0.717) is 23.5 Å². The lowest BCUT2D eigenvalue weighted by molar-refractivity contribution is 0.0978. The predicted molar refractivity (Wildman–Crippen MR) is 64.1 cm³/mol.